The van der Waals surface area contributed by atoms with Crippen LogP contribution in [0.3, 0.4) is 0 Å². The lowest BCUT2D eigenvalue weighted by Crippen LogP contribution is -2.25. The summed E-state index contributed by atoms with van der Waals surface area (Å²) in [4.78, 5) is 24.4. The molecule has 0 bridgehead atoms. The molecule has 0 radical (unpaired) electrons. The van der Waals surface area contributed by atoms with E-state index in [4.69, 9.17) is 15.3 Å². The van der Waals surface area contributed by atoms with E-state index in [1.165, 1.54) is 13.8 Å². The molecule has 0 aliphatic heterocycles. The normalized spacial score (nSPS) is 16.1. The first-order valence-corrected chi connectivity index (χ1v) is 4.01. The lowest BCUT2D eigenvalue weighted by atomic mass is 10.2. The van der Waals surface area contributed by atoms with Gasteiger partial charge < -0.3 is 15.3 Å². The molecular weight excluding hydrogens is 190 g/mol. The first kappa shape index (κ1) is 12.6. The fourth-order valence-corrected chi connectivity index (χ4v) is 0.707. The Morgan fingerprint density at radius 1 is 1.36 bits per heavy atom. The van der Waals surface area contributed by atoms with Gasteiger partial charge in [-0.2, -0.15) is 0 Å². The molecule has 0 spiro atoms. The van der Waals surface area contributed by atoms with E-state index in [-0.39, 0.29) is 5.71 Å². The van der Waals surface area contributed by atoms with Crippen LogP contribution in [0.15, 0.2) is 4.99 Å². The summed E-state index contributed by atoms with van der Waals surface area (Å²) in [6.07, 6.45) is -1.45. The van der Waals surface area contributed by atoms with Crippen molar-refractivity contribution >= 4 is 17.7 Å². The molecule has 2 atom stereocenters. The monoisotopic (exact) mass is 203 g/mol. The Bertz CT molecular complexity index is 258. The van der Waals surface area contributed by atoms with Crippen molar-refractivity contribution in [1.29, 1.82) is 0 Å². The molecule has 0 aromatic rings. The highest BCUT2D eigenvalue weighted by molar-refractivity contribution is 5.89. The van der Waals surface area contributed by atoms with Crippen molar-refractivity contribution in [3.05, 3.63) is 0 Å². The lowest BCUT2D eigenvalue weighted by Gasteiger charge is -2.08. The maximum absolute atomic E-state index is 10.5. The second kappa shape index (κ2) is 5.33. The highest BCUT2D eigenvalue weighted by atomic mass is 16.4. The zero-order chi connectivity index (χ0) is 11.3. The van der Waals surface area contributed by atoms with Crippen LogP contribution < -0.4 is 0 Å². The molecule has 80 valence electrons. The number of nitrogens with zero attached hydrogens (tertiary/aromatic N) is 1. The summed E-state index contributed by atoms with van der Waals surface area (Å²) in [5, 5.41) is 26.0. The highest BCUT2D eigenvalue weighted by Gasteiger charge is 2.20. The Morgan fingerprint density at radius 2 is 1.86 bits per heavy atom. The first-order valence-electron chi connectivity index (χ1n) is 4.01. The molecule has 0 fully saturated rings. The molecule has 6 nitrogen and oxygen atoms in total. The van der Waals surface area contributed by atoms with Gasteiger partial charge in [0.2, 0.25) is 0 Å². The van der Waals surface area contributed by atoms with Crippen LogP contribution in [0.25, 0.3) is 0 Å². The van der Waals surface area contributed by atoms with Crippen LogP contribution in [0.1, 0.15) is 20.3 Å². The molecular formula is C8H13NO5. The number of aliphatic hydroxyl groups is 1. The van der Waals surface area contributed by atoms with Crippen molar-refractivity contribution in [1.82, 2.24) is 0 Å². The molecule has 0 aliphatic rings. The minimum atomic E-state index is -1.33. The summed E-state index contributed by atoms with van der Waals surface area (Å²) >= 11 is 0. The van der Waals surface area contributed by atoms with Gasteiger partial charge in [-0.05, 0) is 13.8 Å². The van der Waals surface area contributed by atoms with Gasteiger partial charge in [-0.25, -0.2) is 4.79 Å². The summed E-state index contributed by atoms with van der Waals surface area (Å²) in [5.41, 5.74) is 0.207. The van der Waals surface area contributed by atoms with E-state index in [0.29, 0.717) is 0 Å². The third kappa shape index (κ3) is 4.56. The third-order valence-corrected chi connectivity index (χ3v) is 1.62. The van der Waals surface area contributed by atoms with Crippen LogP contribution in [-0.2, 0) is 9.59 Å². The topological polar surface area (TPSA) is 107 Å². The van der Waals surface area contributed by atoms with Crippen molar-refractivity contribution in [2.45, 2.75) is 32.4 Å². The molecule has 2 unspecified atom stereocenters. The standard InChI is InChI=1S/C8H13NO5/c1-4(5(2)10)9-6(8(13)14)3-7(11)12/h5-6,10H,3H2,1-2H3,(H,11,12)(H,13,14). The Labute approximate surface area is 80.9 Å². The number of hydrogen-bond acceptors (Lipinski definition) is 4. The summed E-state index contributed by atoms with van der Waals surface area (Å²) in [7, 11) is 0. The van der Waals surface area contributed by atoms with Gasteiger partial charge in [0.15, 0.2) is 6.04 Å². The van der Waals surface area contributed by atoms with Crippen molar-refractivity contribution in [3.63, 3.8) is 0 Å². The van der Waals surface area contributed by atoms with E-state index in [9.17, 15) is 9.59 Å². The van der Waals surface area contributed by atoms with Crippen molar-refractivity contribution in [2.75, 3.05) is 0 Å². The van der Waals surface area contributed by atoms with E-state index < -0.39 is 30.5 Å². The molecule has 0 saturated carbocycles. The summed E-state index contributed by atoms with van der Waals surface area (Å²) < 4.78 is 0. The predicted molar refractivity (Wildman–Crippen MR) is 48.5 cm³/mol. The average Bonchev–Trinajstić information content (AvgIpc) is 2.01. The second-order valence-electron chi connectivity index (χ2n) is 2.90. The van der Waals surface area contributed by atoms with Crippen molar-refractivity contribution in [2.24, 2.45) is 4.99 Å². The number of aliphatic carboxylic acids is 2. The number of rotatable bonds is 5. The SMILES string of the molecule is CC(=NC(CC(=O)O)C(=O)O)C(C)O. The highest BCUT2D eigenvalue weighted by Crippen LogP contribution is 2.01. The molecule has 14 heavy (non-hydrogen) atoms. The fraction of sp³-hybridized carbons (Fsp3) is 0.625. The molecule has 0 aliphatic carbocycles. The third-order valence-electron chi connectivity index (χ3n) is 1.62. The molecule has 0 aromatic carbocycles. The van der Waals surface area contributed by atoms with Gasteiger partial charge in [-0.3, -0.25) is 9.79 Å². The fourth-order valence-electron chi connectivity index (χ4n) is 0.707. The van der Waals surface area contributed by atoms with Crippen LogP contribution in [-0.4, -0.2) is 45.1 Å². The quantitative estimate of drug-likeness (QED) is 0.534. The van der Waals surface area contributed by atoms with Gasteiger partial charge in [0.1, 0.15) is 0 Å². The number of carbonyl (C=O) groups is 2. The van der Waals surface area contributed by atoms with E-state index in [1.807, 2.05) is 0 Å². The first-order chi connectivity index (χ1) is 6.34. The summed E-state index contributed by atoms with van der Waals surface area (Å²) in [6.45, 7) is 2.88. The number of aliphatic hydroxyl groups excluding tert-OH is 1. The van der Waals surface area contributed by atoms with Crippen LogP contribution >= 0.6 is 0 Å². The zero-order valence-corrected chi connectivity index (χ0v) is 7.97. The smallest absolute Gasteiger partial charge is 0.329 e. The average molecular weight is 203 g/mol. The number of carboxylic acids is 2. The zero-order valence-electron chi connectivity index (χ0n) is 7.97. The minimum Gasteiger partial charge on any atom is -0.481 e. The van der Waals surface area contributed by atoms with Crippen molar-refractivity contribution < 1.29 is 24.9 Å². The van der Waals surface area contributed by atoms with Crippen LogP contribution in [0.2, 0.25) is 0 Å². The largest absolute Gasteiger partial charge is 0.481 e. The molecule has 0 saturated heterocycles. The minimum absolute atomic E-state index is 0.207. The molecule has 6 heteroatoms. The van der Waals surface area contributed by atoms with Gasteiger partial charge in [-0.1, -0.05) is 0 Å². The van der Waals surface area contributed by atoms with Gasteiger partial charge in [0, 0.05) is 5.71 Å². The Kier molecular flexibility index (Phi) is 4.79. The number of hydrogen-bond donors (Lipinski definition) is 3. The molecule has 0 heterocycles. The number of carboxylic acid groups (broad SMARTS) is 2. The lowest BCUT2D eigenvalue weighted by molar-refractivity contribution is -0.144. The summed E-state index contributed by atoms with van der Waals surface area (Å²) in [5.74, 6) is -2.55. The maximum atomic E-state index is 10.5. The number of aliphatic imine (C=N–C) groups is 1. The van der Waals surface area contributed by atoms with Crippen LogP contribution in [0.5, 0.6) is 0 Å². The van der Waals surface area contributed by atoms with E-state index in [1.54, 1.807) is 0 Å². The summed E-state index contributed by atoms with van der Waals surface area (Å²) in [6, 6.07) is -1.33. The van der Waals surface area contributed by atoms with Crippen molar-refractivity contribution in [3.8, 4) is 0 Å². The molecule has 3 N–H and O–H groups in total. The van der Waals surface area contributed by atoms with Gasteiger partial charge in [0.25, 0.3) is 0 Å². The van der Waals surface area contributed by atoms with E-state index in [2.05, 4.69) is 4.99 Å². The van der Waals surface area contributed by atoms with Gasteiger partial charge in [-0.15, -0.1) is 0 Å². The van der Waals surface area contributed by atoms with Gasteiger partial charge in [0.05, 0.1) is 12.5 Å². The Hall–Kier alpha value is -1.43. The second-order valence-corrected chi connectivity index (χ2v) is 2.90. The molecule has 0 rings (SSSR count). The van der Waals surface area contributed by atoms with E-state index in [0.717, 1.165) is 0 Å². The Morgan fingerprint density at radius 3 is 2.14 bits per heavy atom. The van der Waals surface area contributed by atoms with Crippen LogP contribution in [0, 0.1) is 0 Å². The van der Waals surface area contributed by atoms with E-state index >= 15 is 0 Å². The Balaban J connectivity index is 4.60. The molecule has 0 aromatic heterocycles. The maximum Gasteiger partial charge on any atom is 0.329 e. The predicted octanol–water partition coefficient (Wildman–Crippen LogP) is -0.244. The van der Waals surface area contributed by atoms with Gasteiger partial charge >= 0.3 is 11.9 Å². The molecule has 0 amide bonds. The van der Waals surface area contributed by atoms with Crippen LogP contribution in [0.4, 0.5) is 0 Å².